The summed E-state index contributed by atoms with van der Waals surface area (Å²) in [4.78, 5) is 0. The van der Waals surface area contributed by atoms with Crippen molar-refractivity contribution in [3.05, 3.63) is 0 Å². The molecule has 1 rings (SSSR count). The van der Waals surface area contributed by atoms with Gasteiger partial charge in [0.15, 0.2) is 0 Å². The molecule has 1 unspecified atom stereocenters. The molecule has 12 heavy (non-hydrogen) atoms. The summed E-state index contributed by atoms with van der Waals surface area (Å²) < 4.78 is 9.89. The number of ether oxygens (including phenoxy) is 2. The lowest BCUT2D eigenvalue weighted by molar-refractivity contribution is -0.0334. The van der Waals surface area contributed by atoms with E-state index in [1.165, 1.54) is 0 Å². The molecule has 0 spiro atoms. The Kier molecular flexibility index (Phi) is 8.81. The van der Waals surface area contributed by atoms with Gasteiger partial charge in [0, 0.05) is 6.54 Å². The second-order valence-electron chi connectivity index (χ2n) is 2.52. The SMILES string of the molecule is C1COCCO1.CCC(O)CN. The largest absolute Gasteiger partial charge is 0.392 e. The van der Waals surface area contributed by atoms with Crippen LogP contribution in [-0.4, -0.2) is 44.2 Å². The number of aliphatic hydroxyl groups excluding tert-OH is 1. The molecule has 0 bridgehead atoms. The van der Waals surface area contributed by atoms with Crippen LogP contribution in [0, 0.1) is 0 Å². The van der Waals surface area contributed by atoms with E-state index in [0.717, 1.165) is 32.8 Å². The molecule has 0 aromatic carbocycles. The van der Waals surface area contributed by atoms with Gasteiger partial charge >= 0.3 is 0 Å². The number of rotatable bonds is 2. The minimum absolute atomic E-state index is 0.287. The van der Waals surface area contributed by atoms with Gasteiger partial charge in [-0.2, -0.15) is 0 Å². The van der Waals surface area contributed by atoms with Crippen molar-refractivity contribution in [2.75, 3.05) is 33.0 Å². The Labute approximate surface area is 73.7 Å². The summed E-state index contributed by atoms with van der Waals surface area (Å²) in [5.41, 5.74) is 5.03. The first-order valence-electron chi connectivity index (χ1n) is 4.34. The molecule has 0 aromatic heterocycles. The minimum Gasteiger partial charge on any atom is -0.392 e. The van der Waals surface area contributed by atoms with Gasteiger partial charge in [-0.1, -0.05) is 6.92 Å². The topological polar surface area (TPSA) is 64.7 Å². The van der Waals surface area contributed by atoms with Gasteiger partial charge in [0.1, 0.15) is 0 Å². The molecule has 1 heterocycles. The van der Waals surface area contributed by atoms with Crippen molar-refractivity contribution in [1.29, 1.82) is 0 Å². The predicted molar refractivity (Wildman–Crippen MR) is 47.0 cm³/mol. The van der Waals surface area contributed by atoms with Gasteiger partial charge in [-0.15, -0.1) is 0 Å². The fourth-order valence-electron chi connectivity index (χ4n) is 0.606. The lowest BCUT2D eigenvalue weighted by Gasteiger charge is -2.09. The highest BCUT2D eigenvalue weighted by molar-refractivity contribution is 4.48. The van der Waals surface area contributed by atoms with Crippen molar-refractivity contribution in [3.63, 3.8) is 0 Å². The molecule has 1 aliphatic heterocycles. The lowest BCUT2D eigenvalue weighted by Crippen LogP contribution is -2.17. The Morgan fingerprint density at radius 1 is 1.25 bits per heavy atom. The Balaban J connectivity index is 0.000000202. The molecule has 0 saturated carbocycles. The molecule has 1 atom stereocenters. The van der Waals surface area contributed by atoms with Gasteiger partial charge in [0.25, 0.3) is 0 Å². The van der Waals surface area contributed by atoms with Crippen LogP contribution in [0.5, 0.6) is 0 Å². The Hall–Kier alpha value is -0.160. The zero-order chi connectivity index (χ0) is 9.23. The molecule has 0 aromatic rings. The number of aliphatic hydroxyl groups is 1. The molecule has 1 saturated heterocycles. The summed E-state index contributed by atoms with van der Waals surface area (Å²) in [6.07, 6.45) is 0.473. The monoisotopic (exact) mass is 177 g/mol. The Bertz CT molecular complexity index is 70.9. The average molecular weight is 177 g/mol. The molecular weight excluding hydrogens is 158 g/mol. The van der Waals surface area contributed by atoms with E-state index in [9.17, 15) is 0 Å². The van der Waals surface area contributed by atoms with Crippen LogP contribution in [0.1, 0.15) is 13.3 Å². The summed E-state index contributed by atoms with van der Waals surface area (Å²) in [5.74, 6) is 0. The van der Waals surface area contributed by atoms with Gasteiger partial charge in [0.2, 0.25) is 0 Å². The highest BCUT2D eigenvalue weighted by Crippen LogP contribution is 1.85. The van der Waals surface area contributed by atoms with E-state index in [0.29, 0.717) is 6.54 Å². The summed E-state index contributed by atoms with van der Waals surface area (Å²) in [6.45, 7) is 5.40. The molecule has 0 aliphatic carbocycles. The molecule has 1 fully saturated rings. The van der Waals surface area contributed by atoms with Gasteiger partial charge in [-0.05, 0) is 6.42 Å². The van der Waals surface area contributed by atoms with Crippen molar-refractivity contribution in [3.8, 4) is 0 Å². The van der Waals surface area contributed by atoms with Gasteiger partial charge < -0.3 is 20.3 Å². The summed E-state index contributed by atoms with van der Waals surface area (Å²) in [6, 6.07) is 0. The zero-order valence-electron chi connectivity index (χ0n) is 7.66. The third kappa shape index (κ3) is 7.94. The molecule has 4 nitrogen and oxygen atoms in total. The maximum absolute atomic E-state index is 8.54. The van der Waals surface area contributed by atoms with Crippen LogP contribution in [-0.2, 0) is 9.47 Å². The second-order valence-corrected chi connectivity index (χ2v) is 2.52. The Morgan fingerprint density at radius 2 is 1.67 bits per heavy atom. The first-order chi connectivity index (χ1) is 5.81. The molecule has 0 amide bonds. The van der Waals surface area contributed by atoms with Crippen LogP contribution in [0.2, 0.25) is 0 Å². The summed E-state index contributed by atoms with van der Waals surface area (Å²) in [7, 11) is 0. The molecule has 74 valence electrons. The molecule has 1 aliphatic rings. The normalized spacial score (nSPS) is 19.2. The fourth-order valence-corrected chi connectivity index (χ4v) is 0.606. The third-order valence-corrected chi connectivity index (χ3v) is 1.49. The fraction of sp³-hybridized carbons (Fsp3) is 1.00. The van der Waals surface area contributed by atoms with Crippen LogP contribution in [0.25, 0.3) is 0 Å². The van der Waals surface area contributed by atoms with Crippen LogP contribution >= 0.6 is 0 Å². The van der Waals surface area contributed by atoms with E-state index in [-0.39, 0.29) is 6.10 Å². The second kappa shape index (κ2) is 8.93. The van der Waals surface area contributed by atoms with E-state index in [2.05, 4.69) is 0 Å². The molecule has 0 radical (unpaired) electrons. The van der Waals surface area contributed by atoms with Gasteiger partial charge in [-0.25, -0.2) is 0 Å². The van der Waals surface area contributed by atoms with Crippen molar-refractivity contribution < 1.29 is 14.6 Å². The van der Waals surface area contributed by atoms with Crippen LogP contribution in [0.3, 0.4) is 0 Å². The van der Waals surface area contributed by atoms with Crippen molar-refractivity contribution in [2.24, 2.45) is 5.73 Å². The van der Waals surface area contributed by atoms with Crippen LogP contribution in [0.15, 0.2) is 0 Å². The molecular formula is C8H19NO3. The molecule has 3 N–H and O–H groups in total. The number of hydrogen-bond donors (Lipinski definition) is 2. The number of hydrogen-bond acceptors (Lipinski definition) is 4. The summed E-state index contributed by atoms with van der Waals surface area (Å²) >= 11 is 0. The van der Waals surface area contributed by atoms with E-state index in [4.69, 9.17) is 20.3 Å². The van der Waals surface area contributed by atoms with Crippen LogP contribution < -0.4 is 5.73 Å². The summed E-state index contributed by atoms with van der Waals surface area (Å²) in [5, 5.41) is 8.54. The van der Waals surface area contributed by atoms with Crippen molar-refractivity contribution in [1.82, 2.24) is 0 Å². The van der Waals surface area contributed by atoms with Crippen LogP contribution in [0.4, 0.5) is 0 Å². The van der Waals surface area contributed by atoms with E-state index >= 15 is 0 Å². The van der Waals surface area contributed by atoms with Gasteiger partial charge in [-0.3, -0.25) is 0 Å². The maximum atomic E-state index is 8.54. The highest BCUT2D eigenvalue weighted by Gasteiger charge is 1.94. The minimum atomic E-state index is -0.287. The highest BCUT2D eigenvalue weighted by atomic mass is 16.6. The molecule has 4 heteroatoms. The standard InChI is InChI=1S/C4H11NO.C4H8O2/c1-2-4(6)3-5;1-2-6-4-3-5-1/h4,6H,2-3,5H2,1H3;1-4H2. The smallest absolute Gasteiger partial charge is 0.0701 e. The van der Waals surface area contributed by atoms with E-state index < -0.39 is 0 Å². The maximum Gasteiger partial charge on any atom is 0.0701 e. The lowest BCUT2D eigenvalue weighted by atomic mass is 10.3. The zero-order valence-corrected chi connectivity index (χ0v) is 7.66. The predicted octanol–water partition coefficient (Wildman–Crippen LogP) is -0.251. The first-order valence-corrected chi connectivity index (χ1v) is 4.34. The first kappa shape index (κ1) is 11.8. The third-order valence-electron chi connectivity index (χ3n) is 1.49. The van der Waals surface area contributed by atoms with Crippen molar-refractivity contribution in [2.45, 2.75) is 19.4 Å². The Morgan fingerprint density at radius 3 is 1.75 bits per heavy atom. The van der Waals surface area contributed by atoms with E-state index in [1.807, 2.05) is 6.92 Å². The van der Waals surface area contributed by atoms with E-state index in [1.54, 1.807) is 0 Å². The van der Waals surface area contributed by atoms with Gasteiger partial charge in [0.05, 0.1) is 32.5 Å². The quantitative estimate of drug-likeness (QED) is 0.610. The number of nitrogens with two attached hydrogens (primary N) is 1. The van der Waals surface area contributed by atoms with Crippen molar-refractivity contribution >= 4 is 0 Å². The average Bonchev–Trinajstić information content (AvgIpc) is 2.20.